The van der Waals surface area contributed by atoms with Crippen molar-refractivity contribution in [3.8, 4) is 0 Å². The molecule has 1 fully saturated rings. The van der Waals surface area contributed by atoms with E-state index in [4.69, 9.17) is 0 Å². The molecule has 2 aromatic rings. The Kier molecular flexibility index (Phi) is 6.24. The third kappa shape index (κ3) is 5.17. The molecule has 0 saturated carbocycles. The van der Waals surface area contributed by atoms with Crippen molar-refractivity contribution >= 4 is 23.2 Å². The summed E-state index contributed by atoms with van der Waals surface area (Å²) in [4.78, 5) is 27.9. The molecule has 0 unspecified atom stereocenters. The van der Waals surface area contributed by atoms with E-state index in [2.05, 4.69) is 36.5 Å². The van der Waals surface area contributed by atoms with E-state index in [0.29, 0.717) is 13.0 Å². The monoisotopic (exact) mass is 365 g/mol. The van der Waals surface area contributed by atoms with Gasteiger partial charge in [0.25, 0.3) is 0 Å². The lowest BCUT2D eigenvalue weighted by molar-refractivity contribution is -0.117. The predicted octanol–water partition coefficient (Wildman–Crippen LogP) is 3.45. The number of anilines is 2. The summed E-state index contributed by atoms with van der Waals surface area (Å²) in [6.45, 7) is 3.96. The molecule has 0 radical (unpaired) electrons. The molecular formula is C22H27N3O2. The summed E-state index contributed by atoms with van der Waals surface area (Å²) in [5.41, 5.74) is 4.15. The molecule has 1 saturated heterocycles. The van der Waals surface area contributed by atoms with Gasteiger partial charge in [-0.1, -0.05) is 31.2 Å². The molecule has 3 rings (SSSR count). The molecule has 1 N–H and O–H groups in total. The van der Waals surface area contributed by atoms with Gasteiger partial charge >= 0.3 is 0 Å². The second-order valence-electron chi connectivity index (χ2n) is 7.09. The number of aryl methyl sites for hydroxylation is 1. The zero-order chi connectivity index (χ0) is 19.2. The van der Waals surface area contributed by atoms with E-state index in [9.17, 15) is 9.59 Å². The molecule has 2 aromatic carbocycles. The van der Waals surface area contributed by atoms with Gasteiger partial charge in [-0.2, -0.15) is 0 Å². The summed E-state index contributed by atoms with van der Waals surface area (Å²) in [6.07, 6.45) is 2.56. The zero-order valence-corrected chi connectivity index (χ0v) is 16.1. The number of nitrogens with one attached hydrogen (secondary N) is 1. The van der Waals surface area contributed by atoms with Crippen molar-refractivity contribution in [2.24, 2.45) is 0 Å². The number of carbonyl (C=O) groups excluding carboxylic acids is 2. The van der Waals surface area contributed by atoms with Gasteiger partial charge in [0.05, 0.1) is 6.54 Å². The van der Waals surface area contributed by atoms with Crippen molar-refractivity contribution < 1.29 is 9.59 Å². The first-order valence-corrected chi connectivity index (χ1v) is 9.52. The SMILES string of the molecule is CCc1ccc(CN(C)CC(=O)Nc2ccc(N3CCCC3=O)cc2)cc1. The van der Waals surface area contributed by atoms with Crippen LogP contribution in [-0.4, -0.2) is 36.9 Å². The molecule has 0 atom stereocenters. The van der Waals surface area contributed by atoms with Crippen molar-refractivity contribution in [1.29, 1.82) is 0 Å². The molecular weight excluding hydrogens is 338 g/mol. The summed E-state index contributed by atoms with van der Waals surface area (Å²) in [6, 6.07) is 16.0. The van der Waals surface area contributed by atoms with Gasteiger partial charge in [0.2, 0.25) is 11.8 Å². The van der Waals surface area contributed by atoms with Crippen LogP contribution < -0.4 is 10.2 Å². The highest BCUT2D eigenvalue weighted by Crippen LogP contribution is 2.23. The zero-order valence-electron chi connectivity index (χ0n) is 16.1. The van der Waals surface area contributed by atoms with Gasteiger partial charge in [-0.15, -0.1) is 0 Å². The Morgan fingerprint density at radius 2 is 1.74 bits per heavy atom. The Labute approximate surface area is 161 Å². The van der Waals surface area contributed by atoms with E-state index >= 15 is 0 Å². The minimum absolute atomic E-state index is 0.0484. The Balaban J connectivity index is 1.50. The lowest BCUT2D eigenvalue weighted by atomic mass is 10.1. The van der Waals surface area contributed by atoms with Crippen LogP contribution in [0.25, 0.3) is 0 Å². The van der Waals surface area contributed by atoms with E-state index in [1.165, 1.54) is 11.1 Å². The van der Waals surface area contributed by atoms with E-state index < -0.39 is 0 Å². The van der Waals surface area contributed by atoms with E-state index in [-0.39, 0.29) is 11.8 Å². The highest BCUT2D eigenvalue weighted by Gasteiger charge is 2.21. The number of hydrogen-bond acceptors (Lipinski definition) is 3. The van der Waals surface area contributed by atoms with Crippen molar-refractivity contribution in [2.45, 2.75) is 32.7 Å². The summed E-state index contributed by atoms with van der Waals surface area (Å²) in [5.74, 6) is 0.119. The fraction of sp³-hybridized carbons (Fsp3) is 0.364. The molecule has 5 nitrogen and oxygen atoms in total. The maximum Gasteiger partial charge on any atom is 0.238 e. The van der Waals surface area contributed by atoms with Crippen LogP contribution >= 0.6 is 0 Å². The fourth-order valence-electron chi connectivity index (χ4n) is 3.34. The van der Waals surface area contributed by atoms with Gasteiger partial charge in [-0.05, 0) is 55.3 Å². The molecule has 1 heterocycles. The Hall–Kier alpha value is -2.66. The fourth-order valence-corrected chi connectivity index (χ4v) is 3.34. The van der Waals surface area contributed by atoms with Crippen LogP contribution in [0.5, 0.6) is 0 Å². The molecule has 27 heavy (non-hydrogen) atoms. The van der Waals surface area contributed by atoms with Crippen LogP contribution in [-0.2, 0) is 22.6 Å². The predicted molar refractivity (Wildman–Crippen MR) is 109 cm³/mol. The molecule has 0 bridgehead atoms. The highest BCUT2D eigenvalue weighted by atomic mass is 16.2. The summed E-state index contributed by atoms with van der Waals surface area (Å²) < 4.78 is 0. The molecule has 1 aliphatic heterocycles. The third-order valence-corrected chi connectivity index (χ3v) is 4.83. The first kappa shape index (κ1) is 19.1. The Morgan fingerprint density at radius 3 is 2.33 bits per heavy atom. The standard InChI is InChI=1S/C22H27N3O2/c1-3-17-6-8-18(9-7-17)15-24(2)16-21(26)23-19-10-12-20(13-11-19)25-14-4-5-22(25)27/h6-13H,3-5,14-16H2,1-2H3,(H,23,26). The van der Waals surface area contributed by atoms with Gasteiger partial charge in [-0.25, -0.2) is 0 Å². The quantitative estimate of drug-likeness (QED) is 0.818. The second-order valence-corrected chi connectivity index (χ2v) is 7.09. The molecule has 142 valence electrons. The largest absolute Gasteiger partial charge is 0.325 e. The van der Waals surface area contributed by atoms with E-state index in [1.807, 2.05) is 36.2 Å². The number of hydrogen-bond donors (Lipinski definition) is 1. The molecule has 5 heteroatoms. The lowest BCUT2D eigenvalue weighted by Gasteiger charge is -2.18. The van der Waals surface area contributed by atoms with Crippen LogP contribution in [0.15, 0.2) is 48.5 Å². The number of nitrogens with zero attached hydrogens (tertiary/aromatic N) is 2. The topological polar surface area (TPSA) is 52.7 Å². The van der Waals surface area contributed by atoms with Gasteiger partial charge < -0.3 is 10.2 Å². The van der Waals surface area contributed by atoms with Crippen LogP contribution in [0.4, 0.5) is 11.4 Å². The van der Waals surface area contributed by atoms with E-state index in [0.717, 1.165) is 37.3 Å². The molecule has 0 spiro atoms. The number of carbonyl (C=O) groups is 2. The average molecular weight is 365 g/mol. The van der Waals surface area contributed by atoms with Gasteiger partial charge in [0, 0.05) is 30.9 Å². The Morgan fingerprint density at radius 1 is 1.07 bits per heavy atom. The maximum atomic E-state index is 12.3. The number of likely N-dealkylation sites (N-methyl/N-ethyl adjacent to an activating group) is 1. The summed E-state index contributed by atoms with van der Waals surface area (Å²) >= 11 is 0. The van der Waals surface area contributed by atoms with Crippen LogP contribution in [0.3, 0.4) is 0 Å². The van der Waals surface area contributed by atoms with Crippen molar-refractivity contribution in [3.63, 3.8) is 0 Å². The minimum Gasteiger partial charge on any atom is -0.325 e. The first-order valence-electron chi connectivity index (χ1n) is 9.52. The summed E-state index contributed by atoms with van der Waals surface area (Å²) in [7, 11) is 1.94. The third-order valence-electron chi connectivity index (χ3n) is 4.83. The number of benzene rings is 2. The average Bonchev–Trinajstić information content (AvgIpc) is 3.08. The molecule has 1 aliphatic rings. The molecule has 0 aliphatic carbocycles. The molecule has 0 aromatic heterocycles. The van der Waals surface area contributed by atoms with Crippen molar-refractivity contribution in [2.75, 3.05) is 30.4 Å². The van der Waals surface area contributed by atoms with Crippen molar-refractivity contribution in [1.82, 2.24) is 4.90 Å². The Bertz CT molecular complexity index is 784. The second kappa shape index (κ2) is 8.82. The van der Waals surface area contributed by atoms with Crippen LogP contribution in [0, 0.1) is 0 Å². The lowest BCUT2D eigenvalue weighted by Crippen LogP contribution is -2.29. The number of rotatable bonds is 7. The van der Waals surface area contributed by atoms with Gasteiger partial charge in [0.1, 0.15) is 0 Å². The molecule has 2 amide bonds. The van der Waals surface area contributed by atoms with Crippen LogP contribution in [0.1, 0.15) is 30.9 Å². The number of amides is 2. The first-order chi connectivity index (χ1) is 13.0. The van der Waals surface area contributed by atoms with Crippen LogP contribution in [0.2, 0.25) is 0 Å². The summed E-state index contributed by atoms with van der Waals surface area (Å²) in [5, 5.41) is 2.92. The van der Waals surface area contributed by atoms with Crippen molar-refractivity contribution in [3.05, 3.63) is 59.7 Å². The van der Waals surface area contributed by atoms with Gasteiger partial charge in [0.15, 0.2) is 0 Å². The normalized spacial score (nSPS) is 14.0. The highest BCUT2D eigenvalue weighted by molar-refractivity contribution is 5.96. The smallest absolute Gasteiger partial charge is 0.238 e. The minimum atomic E-state index is -0.0484. The maximum absolute atomic E-state index is 12.3. The van der Waals surface area contributed by atoms with Gasteiger partial charge in [-0.3, -0.25) is 14.5 Å². The van der Waals surface area contributed by atoms with E-state index in [1.54, 1.807) is 4.90 Å².